The lowest BCUT2D eigenvalue weighted by atomic mass is 10.0. The zero-order valence-corrected chi connectivity index (χ0v) is 15.6. The van der Waals surface area contributed by atoms with Crippen LogP contribution in [0.3, 0.4) is 0 Å². The van der Waals surface area contributed by atoms with E-state index in [0.29, 0.717) is 23.7 Å². The molecule has 0 saturated heterocycles. The lowest BCUT2D eigenvalue weighted by molar-refractivity contribution is -0.137. The van der Waals surface area contributed by atoms with E-state index in [-0.39, 0.29) is 6.54 Å². The van der Waals surface area contributed by atoms with E-state index < -0.39 is 38.3 Å². The van der Waals surface area contributed by atoms with E-state index in [4.69, 9.17) is 0 Å². The Kier molecular flexibility index (Phi) is 6.25. The Morgan fingerprint density at radius 2 is 1.74 bits per heavy atom. The average Bonchev–Trinajstić information content (AvgIpc) is 2.61. The van der Waals surface area contributed by atoms with Crippen LogP contribution >= 0.6 is 0 Å². The summed E-state index contributed by atoms with van der Waals surface area (Å²) in [5.41, 5.74) is 0.437. The van der Waals surface area contributed by atoms with Gasteiger partial charge in [0.15, 0.2) is 14.9 Å². The van der Waals surface area contributed by atoms with Crippen molar-refractivity contribution in [2.75, 3.05) is 12.3 Å². The van der Waals surface area contributed by atoms with E-state index in [2.05, 4.69) is 10.3 Å². The second kappa shape index (κ2) is 8.08. The highest BCUT2D eigenvalue weighted by Gasteiger charge is 2.31. The van der Waals surface area contributed by atoms with Gasteiger partial charge in [-0.25, -0.2) is 13.4 Å². The van der Waals surface area contributed by atoms with Crippen molar-refractivity contribution in [1.29, 1.82) is 0 Å². The topological polar surface area (TPSA) is 76.1 Å². The van der Waals surface area contributed by atoms with Crippen LogP contribution in [0.4, 0.5) is 13.2 Å². The maximum Gasteiger partial charge on any atom is 0.417 e. The maximum atomic E-state index is 12.5. The van der Waals surface area contributed by atoms with Gasteiger partial charge in [-0.1, -0.05) is 26.0 Å². The lowest BCUT2D eigenvalue weighted by Crippen LogP contribution is -2.29. The minimum atomic E-state index is -4.59. The first-order valence-electron chi connectivity index (χ1n) is 8.15. The van der Waals surface area contributed by atoms with E-state index in [9.17, 15) is 26.4 Å². The predicted octanol–water partition coefficient (Wildman–Crippen LogP) is 3.43. The molecular formula is C18H19F3N2O3S. The van der Waals surface area contributed by atoms with Crippen LogP contribution in [-0.4, -0.2) is 31.6 Å². The largest absolute Gasteiger partial charge is 0.417 e. The molecule has 1 heterocycles. The second-order valence-electron chi connectivity index (χ2n) is 6.23. The van der Waals surface area contributed by atoms with Gasteiger partial charge in [0.05, 0.1) is 11.3 Å². The van der Waals surface area contributed by atoms with Crippen molar-refractivity contribution in [1.82, 2.24) is 10.3 Å². The number of aromatic nitrogens is 1. The molecule has 146 valence electrons. The van der Waals surface area contributed by atoms with Crippen LogP contribution in [0.5, 0.6) is 0 Å². The monoisotopic (exact) mass is 400 g/mol. The van der Waals surface area contributed by atoms with Crippen molar-refractivity contribution in [3.63, 3.8) is 0 Å². The van der Waals surface area contributed by atoms with E-state index in [0.717, 1.165) is 11.6 Å². The summed E-state index contributed by atoms with van der Waals surface area (Å²) >= 11 is 0. The van der Waals surface area contributed by atoms with E-state index in [1.165, 1.54) is 0 Å². The Morgan fingerprint density at radius 3 is 2.22 bits per heavy atom. The van der Waals surface area contributed by atoms with Gasteiger partial charge in [0.25, 0.3) is 5.91 Å². The minimum Gasteiger partial charge on any atom is -0.351 e. The molecule has 1 aromatic carbocycles. The molecule has 0 aliphatic rings. The standard InChI is InChI=1S/C18H19F3N2O3S/c1-12(2)13-3-5-14(6-4-13)17(24)22-9-10-27(25,26)16-8-7-15(11-23-16)18(19,20)21/h3-8,11-12H,9-10H2,1-2H3,(H,22,24). The average molecular weight is 400 g/mol. The van der Waals surface area contributed by atoms with Crippen molar-refractivity contribution >= 4 is 15.7 Å². The second-order valence-corrected chi connectivity index (χ2v) is 8.29. The maximum absolute atomic E-state index is 12.5. The number of alkyl halides is 3. The van der Waals surface area contributed by atoms with Crippen molar-refractivity contribution < 1.29 is 26.4 Å². The third-order valence-electron chi connectivity index (χ3n) is 3.88. The summed E-state index contributed by atoms with van der Waals surface area (Å²) in [6.45, 7) is 3.86. The molecule has 0 unspecified atom stereocenters. The SMILES string of the molecule is CC(C)c1ccc(C(=O)NCCS(=O)(=O)c2ccc(C(F)(F)F)cn2)cc1. The fraction of sp³-hybridized carbons (Fsp3) is 0.333. The van der Waals surface area contributed by atoms with Crippen LogP contribution < -0.4 is 5.32 Å². The molecule has 0 fully saturated rings. The molecule has 0 bridgehead atoms. The highest BCUT2D eigenvalue weighted by atomic mass is 32.2. The Bertz CT molecular complexity index is 891. The number of hydrogen-bond acceptors (Lipinski definition) is 4. The van der Waals surface area contributed by atoms with Gasteiger partial charge >= 0.3 is 6.18 Å². The van der Waals surface area contributed by atoms with Gasteiger partial charge in [-0.3, -0.25) is 4.79 Å². The number of benzene rings is 1. The highest BCUT2D eigenvalue weighted by molar-refractivity contribution is 7.91. The zero-order valence-electron chi connectivity index (χ0n) is 14.7. The fourth-order valence-corrected chi connectivity index (χ4v) is 3.33. The number of amides is 1. The number of halogens is 3. The molecule has 0 atom stereocenters. The molecule has 1 aromatic heterocycles. The minimum absolute atomic E-state index is 0.185. The molecular weight excluding hydrogens is 381 g/mol. The molecule has 1 amide bonds. The van der Waals surface area contributed by atoms with Crippen molar-refractivity contribution in [2.24, 2.45) is 0 Å². The summed E-state index contributed by atoms with van der Waals surface area (Å²) in [6.07, 6.45) is -4.11. The van der Waals surface area contributed by atoms with Gasteiger partial charge in [-0.2, -0.15) is 13.2 Å². The van der Waals surface area contributed by atoms with Gasteiger partial charge in [0.1, 0.15) is 0 Å². The van der Waals surface area contributed by atoms with Crippen LogP contribution in [0.25, 0.3) is 0 Å². The van der Waals surface area contributed by atoms with Gasteiger partial charge in [-0.05, 0) is 35.7 Å². The molecule has 0 saturated carbocycles. The number of hydrogen-bond donors (Lipinski definition) is 1. The van der Waals surface area contributed by atoms with E-state index in [1.807, 2.05) is 26.0 Å². The molecule has 5 nitrogen and oxygen atoms in total. The summed E-state index contributed by atoms with van der Waals surface area (Å²) in [7, 11) is -3.91. The first-order valence-corrected chi connectivity index (χ1v) is 9.80. The molecule has 27 heavy (non-hydrogen) atoms. The summed E-state index contributed by atoms with van der Waals surface area (Å²) < 4.78 is 61.8. The number of carbonyl (C=O) groups is 1. The van der Waals surface area contributed by atoms with Gasteiger partial charge in [0, 0.05) is 18.3 Å². The molecule has 0 radical (unpaired) electrons. The highest BCUT2D eigenvalue weighted by Crippen LogP contribution is 2.28. The van der Waals surface area contributed by atoms with E-state index >= 15 is 0 Å². The molecule has 2 rings (SSSR count). The van der Waals surface area contributed by atoms with Gasteiger partial charge in [-0.15, -0.1) is 0 Å². The number of nitrogens with zero attached hydrogens (tertiary/aromatic N) is 1. The molecule has 1 N–H and O–H groups in total. The Morgan fingerprint density at radius 1 is 1.11 bits per heavy atom. The number of rotatable bonds is 6. The van der Waals surface area contributed by atoms with Crippen LogP contribution in [0.15, 0.2) is 47.6 Å². The van der Waals surface area contributed by atoms with Gasteiger partial charge < -0.3 is 5.32 Å². The number of pyridine rings is 1. The predicted molar refractivity (Wildman–Crippen MR) is 94.2 cm³/mol. The summed E-state index contributed by atoms with van der Waals surface area (Å²) in [5.74, 6) is -0.578. The first kappa shape index (κ1) is 20.9. The third kappa shape index (κ3) is 5.53. The Hall–Kier alpha value is -2.42. The number of nitrogens with one attached hydrogen (secondary N) is 1. The first-order chi connectivity index (χ1) is 12.5. The van der Waals surface area contributed by atoms with Crippen molar-refractivity contribution in [2.45, 2.75) is 31.0 Å². The molecule has 2 aromatic rings. The van der Waals surface area contributed by atoms with Crippen LogP contribution in [-0.2, 0) is 16.0 Å². The normalized spacial score (nSPS) is 12.2. The molecule has 0 aliphatic carbocycles. The van der Waals surface area contributed by atoms with Crippen molar-refractivity contribution in [3.05, 3.63) is 59.3 Å². The summed E-state index contributed by atoms with van der Waals surface area (Å²) in [4.78, 5) is 15.4. The van der Waals surface area contributed by atoms with E-state index in [1.54, 1.807) is 12.1 Å². The Balaban J connectivity index is 1.96. The molecule has 0 aliphatic heterocycles. The smallest absolute Gasteiger partial charge is 0.351 e. The lowest BCUT2D eigenvalue weighted by Gasteiger charge is -2.09. The van der Waals surface area contributed by atoms with Crippen LogP contribution in [0, 0.1) is 0 Å². The van der Waals surface area contributed by atoms with Crippen LogP contribution in [0.2, 0.25) is 0 Å². The van der Waals surface area contributed by atoms with Crippen molar-refractivity contribution in [3.8, 4) is 0 Å². The third-order valence-corrected chi connectivity index (χ3v) is 5.50. The summed E-state index contributed by atoms with van der Waals surface area (Å²) in [6, 6.07) is 8.41. The van der Waals surface area contributed by atoms with Gasteiger partial charge in [0.2, 0.25) is 0 Å². The zero-order chi connectivity index (χ0) is 20.2. The molecule has 9 heteroatoms. The fourth-order valence-electron chi connectivity index (χ4n) is 2.26. The quantitative estimate of drug-likeness (QED) is 0.806. The summed E-state index contributed by atoms with van der Waals surface area (Å²) in [5, 5.41) is 2.02. The Labute approximate surface area is 155 Å². The number of sulfone groups is 1. The molecule has 0 spiro atoms. The van der Waals surface area contributed by atoms with Crippen LogP contribution in [0.1, 0.15) is 41.3 Å². The number of carbonyl (C=O) groups excluding carboxylic acids is 1.